The largest absolute Gasteiger partial charge is 0.497 e. The molecular weight excluding hydrogens is 250 g/mol. The lowest BCUT2D eigenvalue weighted by Crippen LogP contribution is -2.04. The molecular formula is C17H21NO2. The van der Waals surface area contributed by atoms with Crippen LogP contribution in [0.2, 0.25) is 0 Å². The first kappa shape index (κ1) is 14.4. The van der Waals surface area contributed by atoms with Crippen molar-refractivity contribution >= 4 is 0 Å². The molecule has 0 aliphatic carbocycles. The Hall–Kier alpha value is -2.00. The van der Waals surface area contributed by atoms with Crippen molar-refractivity contribution in [3.8, 4) is 11.5 Å². The van der Waals surface area contributed by atoms with Crippen molar-refractivity contribution in [2.75, 3.05) is 14.2 Å². The van der Waals surface area contributed by atoms with Crippen molar-refractivity contribution in [2.24, 2.45) is 5.73 Å². The molecule has 0 bridgehead atoms. The molecule has 3 heteroatoms. The summed E-state index contributed by atoms with van der Waals surface area (Å²) in [4.78, 5) is 0. The van der Waals surface area contributed by atoms with Gasteiger partial charge in [-0.25, -0.2) is 0 Å². The van der Waals surface area contributed by atoms with E-state index in [1.807, 2.05) is 25.1 Å². The Morgan fingerprint density at radius 1 is 0.900 bits per heavy atom. The van der Waals surface area contributed by atoms with Crippen LogP contribution in [0.1, 0.15) is 29.7 Å². The van der Waals surface area contributed by atoms with Crippen molar-refractivity contribution in [2.45, 2.75) is 19.4 Å². The van der Waals surface area contributed by atoms with E-state index in [-0.39, 0.29) is 6.04 Å². The molecule has 0 saturated carbocycles. The van der Waals surface area contributed by atoms with Crippen molar-refractivity contribution in [1.82, 2.24) is 0 Å². The summed E-state index contributed by atoms with van der Waals surface area (Å²) in [6, 6.07) is 14.4. The number of ether oxygens (including phenoxy) is 2. The lowest BCUT2D eigenvalue weighted by atomic mass is 10.0. The van der Waals surface area contributed by atoms with Crippen LogP contribution in [0, 0.1) is 0 Å². The molecule has 0 aromatic heterocycles. The van der Waals surface area contributed by atoms with Crippen LogP contribution >= 0.6 is 0 Å². The number of methoxy groups -OCH3 is 2. The number of hydrogen-bond donors (Lipinski definition) is 1. The first-order valence-corrected chi connectivity index (χ1v) is 6.68. The Labute approximate surface area is 120 Å². The normalized spacial score (nSPS) is 12.0. The Balaban J connectivity index is 2.20. The number of nitrogens with two attached hydrogens (primary N) is 1. The molecule has 0 radical (unpaired) electrons. The van der Waals surface area contributed by atoms with Gasteiger partial charge < -0.3 is 15.2 Å². The maximum absolute atomic E-state index is 5.86. The topological polar surface area (TPSA) is 44.5 Å². The molecule has 1 atom stereocenters. The fraction of sp³-hybridized carbons (Fsp3) is 0.294. The predicted octanol–water partition coefficient (Wildman–Crippen LogP) is 3.31. The first-order valence-electron chi connectivity index (χ1n) is 6.68. The summed E-state index contributed by atoms with van der Waals surface area (Å²) in [5.41, 5.74) is 9.41. The van der Waals surface area contributed by atoms with Gasteiger partial charge in [-0.3, -0.25) is 0 Å². The summed E-state index contributed by atoms with van der Waals surface area (Å²) in [5.74, 6) is 1.62. The first-order chi connectivity index (χ1) is 9.62. The number of benzene rings is 2. The predicted molar refractivity (Wildman–Crippen MR) is 81.4 cm³/mol. The van der Waals surface area contributed by atoms with Gasteiger partial charge in [-0.05, 0) is 42.2 Å². The number of hydrogen-bond acceptors (Lipinski definition) is 3. The molecule has 2 N–H and O–H groups in total. The third-order valence-corrected chi connectivity index (χ3v) is 3.32. The monoisotopic (exact) mass is 271 g/mol. The Bertz CT molecular complexity index is 539. The molecule has 1 unspecified atom stereocenters. The highest BCUT2D eigenvalue weighted by molar-refractivity contribution is 5.40. The second kappa shape index (κ2) is 6.44. The molecule has 2 aromatic carbocycles. The molecule has 20 heavy (non-hydrogen) atoms. The van der Waals surface area contributed by atoms with E-state index >= 15 is 0 Å². The minimum atomic E-state index is 0.0703. The smallest absolute Gasteiger partial charge is 0.122 e. The highest BCUT2D eigenvalue weighted by Gasteiger charge is 2.04. The maximum atomic E-state index is 5.86. The van der Waals surface area contributed by atoms with Crippen LogP contribution in [0.5, 0.6) is 11.5 Å². The van der Waals surface area contributed by atoms with Crippen LogP contribution in [0.4, 0.5) is 0 Å². The third-order valence-electron chi connectivity index (χ3n) is 3.32. The zero-order chi connectivity index (χ0) is 14.5. The summed E-state index contributed by atoms with van der Waals surface area (Å²) < 4.78 is 10.6. The molecule has 3 nitrogen and oxygen atoms in total. The van der Waals surface area contributed by atoms with Crippen molar-refractivity contribution in [1.29, 1.82) is 0 Å². The summed E-state index contributed by atoms with van der Waals surface area (Å²) in [7, 11) is 3.33. The van der Waals surface area contributed by atoms with Gasteiger partial charge in [-0.1, -0.05) is 24.3 Å². The maximum Gasteiger partial charge on any atom is 0.122 e. The van der Waals surface area contributed by atoms with E-state index < -0.39 is 0 Å². The molecule has 0 heterocycles. The summed E-state index contributed by atoms with van der Waals surface area (Å²) in [5, 5.41) is 0. The van der Waals surface area contributed by atoms with Gasteiger partial charge in [0.05, 0.1) is 14.2 Å². The van der Waals surface area contributed by atoms with Gasteiger partial charge in [-0.2, -0.15) is 0 Å². The highest BCUT2D eigenvalue weighted by Crippen LogP contribution is 2.24. The molecule has 0 aliphatic rings. The second-order valence-electron chi connectivity index (χ2n) is 4.93. The average Bonchev–Trinajstić information content (AvgIpc) is 2.47. The van der Waals surface area contributed by atoms with Crippen molar-refractivity contribution < 1.29 is 9.47 Å². The van der Waals surface area contributed by atoms with Gasteiger partial charge >= 0.3 is 0 Å². The van der Waals surface area contributed by atoms with Crippen molar-refractivity contribution in [3.05, 3.63) is 59.2 Å². The van der Waals surface area contributed by atoms with Gasteiger partial charge in [0.25, 0.3) is 0 Å². The minimum Gasteiger partial charge on any atom is -0.497 e. The zero-order valence-corrected chi connectivity index (χ0v) is 12.2. The van der Waals surface area contributed by atoms with Crippen molar-refractivity contribution in [3.63, 3.8) is 0 Å². The van der Waals surface area contributed by atoms with E-state index in [9.17, 15) is 0 Å². The third kappa shape index (κ3) is 3.52. The zero-order valence-electron chi connectivity index (χ0n) is 12.2. The van der Waals surface area contributed by atoms with Gasteiger partial charge in [-0.15, -0.1) is 0 Å². The van der Waals surface area contributed by atoms with Crippen LogP contribution in [0.15, 0.2) is 42.5 Å². The fourth-order valence-electron chi connectivity index (χ4n) is 2.14. The van der Waals surface area contributed by atoms with E-state index in [0.717, 1.165) is 29.0 Å². The van der Waals surface area contributed by atoms with E-state index in [1.165, 1.54) is 5.56 Å². The van der Waals surface area contributed by atoms with E-state index in [2.05, 4.69) is 24.3 Å². The molecule has 0 saturated heterocycles. The van der Waals surface area contributed by atoms with Gasteiger partial charge in [0, 0.05) is 12.1 Å². The standard InChI is InChI=1S/C17H21NO2/c1-12(18)15-6-4-13(5-7-15)8-14-9-16(19-2)11-17(10-14)20-3/h4-7,9-12H,8,18H2,1-3H3. The molecule has 2 rings (SSSR count). The van der Waals surface area contributed by atoms with E-state index in [1.54, 1.807) is 14.2 Å². The average molecular weight is 271 g/mol. The van der Waals surface area contributed by atoms with Crippen LogP contribution in [-0.4, -0.2) is 14.2 Å². The Morgan fingerprint density at radius 2 is 1.45 bits per heavy atom. The minimum absolute atomic E-state index is 0.0703. The SMILES string of the molecule is COc1cc(Cc2ccc(C(C)N)cc2)cc(OC)c1. The van der Waals surface area contributed by atoms with Crippen LogP contribution in [0.3, 0.4) is 0 Å². The van der Waals surface area contributed by atoms with Crippen LogP contribution in [-0.2, 0) is 6.42 Å². The number of rotatable bonds is 5. The lowest BCUT2D eigenvalue weighted by molar-refractivity contribution is 0.393. The molecule has 106 valence electrons. The van der Waals surface area contributed by atoms with E-state index in [0.29, 0.717) is 0 Å². The molecule has 0 spiro atoms. The summed E-state index contributed by atoms with van der Waals surface area (Å²) in [6.45, 7) is 1.99. The molecule has 0 aliphatic heterocycles. The summed E-state index contributed by atoms with van der Waals surface area (Å²) in [6.07, 6.45) is 0.840. The highest BCUT2D eigenvalue weighted by atomic mass is 16.5. The molecule has 0 fully saturated rings. The van der Waals surface area contributed by atoms with Gasteiger partial charge in [0.1, 0.15) is 11.5 Å². The lowest BCUT2D eigenvalue weighted by Gasteiger charge is -2.10. The molecule has 0 amide bonds. The van der Waals surface area contributed by atoms with E-state index in [4.69, 9.17) is 15.2 Å². The van der Waals surface area contributed by atoms with Crippen LogP contribution in [0.25, 0.3) is 0 Å². The fourth-order valence-corrected chi connectivity index (χ4v) is 2.14. The summed E-state index contributed by atoms with van der Waals surface area (Å²) >= 11 is 0. The van der Waals surface area contributed by atoms with Gasteiger partial charge in [0.2, 0.25) is 0 Å². The van der Waals surface area contributed by atoms with Gasteiger partial charge in [0.15, 0.2) is 0 Å². The Morgan fingerprint density at radius 3 is 1.90 bits per heavy atom. The quantitative estimate of drug-likeness (QED) is 0.907. The van der Waals surface area contributed by atoms with Crippen LogP contribution < -0.4 is 15.2 Å². The molecule has 2 aromatic rings. The second-order valence-corrected chi connectivity index (χ2v) is 4.93. The Kier molecular flexibility index (Phi) is 4.64.